The number of hydrogen-bond donors (Lipinski definition) is 0. The van der Waals surface area contributed by atoms with Crippen LogP contribution in [0.4, 0.5) is 34.1 Å². The zero-order valence-corrected chi connectivity index (χ0v) is 73.7. The van der Waals surface area contributed by atoms with E-state index in [9.17, 15) is 0 Å². The monoisotopic (exact) mass is 1530 g/mol. The summed E-state index contributed by atoms with van der Waals surface area (Å²) < 4.78 is 13.5. The number of hydrogen-bond acceptors (Lipinski definition) is 8. The van der Waals surface area contributed by atoms with Gasteiger partial charge in [0.1, 0.15) is 0 Å². The van der Waals surface area contributed by atoms with E-state index in [0.717, 1.165) is 46.2 Å². The van der Waals surface area contributed by atoms with Crippen molar-refractivity contribution in [3.63, 3.8) is 0 Å². The smallest absolute Gasteiger partial charge is 0.0908 e. The first-order valence-corrected chi connectivity index (χ1v) is 43.3. The lowest BCUT2D eigenvalue weighted by Crippen LogP contribution is -2.36. The SMILES string of the molecule is CC(C)c1cccc(C(C)C)c1N1CC(COCc2c3ccccc3cc3ccccc23)N(c2c(C(C)C)cccc2C(C)C)C1.CC(C)c1cccc(C(C)C)c1N1CCN(c2c(C(C)C)cccc2C(C)C)C1.Cc1cc(C)c(N2CC(COCc3c4ccccc4cc4ccccc34)N(c3c(C)cc(C)cc3C)C2)c(C)c1. The van der Waals surface area contributed by atoms with E-state index in [2.05, 4.69) is 388 Å². The lowest BCUT2D eigenvalue weighted by atomic mass is 9.91. The van der Waals surface area contributed by atoms with Crippen LogP contribution in [0, 0.1) is 41.5 Å². The molecule has 0 N–H and O–H groups in total. The molecule has 12 aromatic rings. The number of aryl methyl sites for hydroxylation is 6. The molecule has 3 heterocycles. The van der Waals surface area contributed by atoms with Crippen molar-refractivity contribution < 1.29 is 9.47 Å². The van der Waals surface area contributed by atoms with E-state index in [1.54, 1.807) is 0 Å². The van der Waals surface area contributed by atoms with Crippen LogP contribution in [0.1, 0.15) is 247 Å². The van der Waals surface area contributed by atoms with E-state index >= 15 is 0 Å². The van der Waals surface area contributed by atoms with E-state index in [4.69, 9.17) is 9.47 Å². The Balaban J connectivity index is 0.000000154. The van der Waals surface area contributed by atoms with Crippen LogP contribution in [0.15, 0.2) is 206 Å². The normalized spacial score (nSPS) is 15.4. The highest BCUT2D eigenvalue weighted by atomic mass is 16.5. The van der Waals surface area contributed by atoms with Crippen LogP contribution in [-0.4, -0.2) is 71.5 Å². The fourth-order valence-electron chi connectivity index (χ4n) is 19.4. The predicted octanol–water partition coefficient (Wildman–Crippen LogP) is 27.5. The number of rotatable bonds is 22. The Morgan fingerprint density at radius 2 is 0.522 bits per heavy atom. The van der Waals surface area contributed by atoms with Gasteiger partial charge in [-0.2, -0.15) is 0 Å². The zero-order chi connectivity index (χ0) is 81.8. The van der Waals surface area contributed by atoms with Crippen LogP contribution in [0.25, 0.3) is 43.1 Å². The first-order chi connectivity index (χ1) is 55.2. The molecule has 0 amide bonds. The van der Waals surface area contributed by atoms with Crippen molar-refractivity contribution in [1.82, 2.24) is 0 Å². The summed E-state index contributed by atoms with van der Waals surface area (Å²) in [5.41, 5.74) is 30.7. The van der Waals surface area contributed by atoms with Gasteiger partial charge in [-0.15, -0.1) is 0 Å². The highest BCUT2D eigenvalue weighted by molar-refractivity contribution is 6.03. The van der Waals surface area contributed by atoms with E-state index < -0.39 is 0 Å². The maximum absolute atomic E-state index is 6.84. The van der Waals surface area contributed by atoms with Crippen LogP contribution < -0.4 is 29.4 Å². The fraction of sp³-hybridized carbons (Fsp3) is 0.402. The molecule has 3 saturated heterocycles. The van der Waals surface area contributed by atoms with Crippen LogP contribution in [-0.2, 0) is 22.7 Å². The van der Waals surface area contributed by atoms with Crippen LogP contribution in [0.3, 0.4) is 0 Å². The molecule has 12 aromatic carbocycles. The molecule has 3 aliphatic heterocycles. The number of benzene rings is 12. The Morgan fingerprint density at radius 1 is 0.270 bits per heavy atom. The fourth-order valence-corrected chi connectivity index (χ4v) is 19.4. The highest BCUT2D eigenvalue weighted by Crippen LogP contribution is 2.46. The molecule has 0 bridgehead atoms. The molecule has 0 radical (unpaired) electrons. The molecule has 0 saturated carbocycles. The second-order valence-electron chi connectivity index (χ2n) is 36.1. The summed E-state index contributed by atoms with van der Waals surface area (Å²) in [5, 5.41) is 10.2. The summed E-state index contributed by atoms with van der Waals surface area (Å²) in [4.78, 5) is 15.8. The van der Waals surface area contributed by atoms with Gasteiger partial charge >= 0.3 is 0 Å². The van der Waals surface area contributed by atoms with Gasteiger partial charge in [0.15, 0.2) is 0 Å². The van der Waals surface area contributed by atoms with E-state index in [1.165, 1.54) is 166 Å². The number of nitrogens with zero attached hydrogens (tertiary/aromatic N) is 6. The van der Waals surface area contributed by atoms with Gasteiger partial charge in [-0.05, 0) is 222 Å². The molecular formula is C107H132N6O2. The topological polar surface area (TPSA) is 37.9 Å². The molecule has 0 aromatic heterocycles. The van der Waals surface area contributed by atoms with E-state index in [-0.39, 0.29) is 12.1 Å². The molecule has 602 valence electrons. The molecule has 115 heavy (non-hydrogen) atoms. The Labute approximate surface area is 691 Å². The summed E-state index contributed by atoms with van der Waals surface area (Å²) in [6.45, 7) is 59.9. The standard InChI is InChI=1S/C43H52N2O.C37H40N2O.C27H40N2/c1-28(2)35-19-13-20-36(29(3)4)42(35)44-24-34(45(27-44)43-37(30(5)6)21-14-22-38(43)31(7)8)25-46-26-41-39-17-11-9-15-32(39)23-33-16-10-12-18-40(33)41;1-24-15-26(3)36(27(4)16-24)38-20-32(39(23-38)37-28(5)17-25(2)18-29(37)6)21-40-22-35-33-13-9-7-11-30(33)19-31-12-8-10-14-34(31)35;1-18(2)22-11-9-12-23(19(3)4)26(22)28-15-16-29(17-28)27-24(20(5)6)13-10-14-25(27)21(7)8/h9-23,28-31,34H,24-27H2,1-8H3;7-19,32H,20-23H2,1-6H3;9-14,18-21H,15-17H2,1-8H3. The van der Waals surface area contributed by atoms with Crippen molar-refractivity contribution in [3.05, 3.63) is 295 Å². The summed E-state index contributed by atoms with van der Waals surface area (Å²) in [6, 6.07) is 76.8. The molecule has 2 atom stereocenters. The second kappa shape index (κ2) is 36.3. The first-order valence-electron chi connectivity index (χ1n) is 43.3. The predicted molar refractivity (Wildman–Crippen MR) is 499 cm³/mol. The number of fused-ring (bicyclic) bond motifs is 4. The van der Waals surface area contributed by atoms with Crippen LogP contribution >= 0.6 is 0 Å². The van der Waals surface area contributed by atoms with Gasteiger partial charge < -0.3 is 38.9 Å². The molecule has 15 rings (SSSR count). The van der Waals surface area contributed by atoms with Crippen molar-refractivity contribution >= 4 is 77.2 Å². The lowest BCUT2D eigenvalue weighted by Gasteiger charge is -2.33. The average Bonchev–Trinajstić information content (AvgIpc) is 1.43. The van der Waals surface area contributed by atoms with Gasteiger partial charge in [0.05, 0.1) is 58.5 Å². The Bertz CT molecular complexity index is 5060. The van der Waals surface area contributed by atoms with Gasteiger partial charge in [0.25, 0.3) is 0 Å². The van der Waals surface area contributed by atoms with Crippen molar-refractivity contribution in [2.45, 2.75) is 225 Å². The maximum atomic E-state index is 6.84. The molecule has 3 fully saturated rings. The highest BCUT2D eigenvalue weighted by Gasteiger charge is 2.38. The summed E-state index contributed by atoms with van der Waals surface area (Å²) >= 11 is 0. The second-order valence-corrected chi connectivity index (χ2v) is 36.1. The minimum absolute atomic E-state index is 0.221. The van der Waals surface area contributed by atoms with Gasteiger partial charge in [0, 0.05) is 60.3 Å². The Hall–Kier alpha value is -9.60. The van der Waals surface area contributed by atoms with Crippen LogP contribution in [0.5, 0.6) is 0 Å². The van der Waals surface area contributed by atoms with Gasteiger partial charge in [-0.25, -0.2) is 0 Å². The molecule has 8 nitrogen and oxygen atoms in total. The molecule has 0 aliphatic carbocycles. The third-order valence-electron chi connectivity index (χ3n) is 24.7. The van der Waals surface area contributed by atoms with Gasteiger partial charge in [-0.3, -0.25) is 0 Å². The molecule has 3 aliphatic rings. The molecule has 0 spiro atoms. The Kier molecular flexibility index (Phi) is 26.3. The minimum Gasteiger partial charge on any atom is -0.375 e. The van der Waals surface area contributed by atoms with Crippen LogP contribution in [0.2, 0.25) is 0 Å². The lowest BCUT2D eigenvalue weighted by molar-refractivity contribution is 0.112. The number of ether oxygens (including phenoxy) is 2. The van der Waals surface area contributed by atoms with Crippen molar-refractivity contribution in [3.8, 4) is 0 Å². The first kappa shape index (κ1) is 83.3. The Morgan fingerprint density at radius 3 is 0.817 bits per heavy atom. The van der Waals surface area contributed by atoms with Crippen molar-refractivity contribution in [2.24, 2.45) is 0 Å². The summed E-state index contributed by atoms with van der Waals surface area (Å²) in [6.07, 6.45) is 0. The van der Waals surface area contributed by atoms with Crippen molar-refractivity contribution in [2.75, 3.05) is 88.8 Å². The van der Waals surface area contributed by atoms with Crippen molar-refractivity contribution in [1.29, 1.82) is 0 Å². The quantitative estimate of drug-likeness (QED) is 0.0622. The summed E-state index contributed by atoms with van der Waals surface area (Å²) in [7, 11) is 0. The van der Waals surface area contributed by atoms with E-state index in [0.29, 0.717) is 73.8 Å². The molecule has 2 unspecified atom stereocenters. The van der Waals surface area contributed by atoms with Gasteiger partial charge in [0.2, 0.25) is 0 Å². The summed E-state index contributed by atoms with van der Waals surface area (Å²) in [5.74, 6) is 3.90. The third-order valence-corrected chi connectivity index (χ3v) is 24.7. The third kappa shape index (κ3) is 17.9. The number of anilines is 6. The van der Waals surface area contributed by atoms with E-state index in [1.807, 2.05) is 0 Å². The molecule has 8 heteroatoms. The maximum Gasteiger partial charge on any atom is 0.0908 e. The zero-order valence-electron chi connectivity index (χ0n) is 73.7. The molecular weight excluding hydrogens is 1400 g/mol. The minimum atomic E-state index is 0.221. The average molecular weight is 1530 g/mol. The van der Waals surface area contributed by atoms with Gasteiger partial charge in [-0.1, -0.05) is 316 Å². The number of para-hydroxylation sites is 4. The largest absolute Gasteiger partial charge is 0.375 e.